The molecule has 1 saturated heterocycles. The number of ether oxygens (including phenoxy) is 6. The van der Waals surface area contributed by atoms with Crippen LogP contribution in [-0.4, -0.2) is 67.1 Å². The fourth-order valence-corrected chi connectivity index (χ4v) is 4.45. The molecule has 1 aliphatic heterocycles. The molecule has 1 fully saturated rings. The quantitative estimate of drug-likeness (QED) is 0.212. The lowest BCUT2D eigenvalue weighted by atomic mass is 9.98. The third-order valence-corrected chi connectivity index (χ3v) is 6.19. The predicted molar refractivity (Wildman–Crippen MR) is 149 cm³/mol. The number of hydrogen-bond acceptors (Lipinski definition) is 13. The normalized spacial score (nSPS) is 21.0. The van der Waals surface area contributed by atoms with Crippen LogP contribution in [0.2, 0.25) is 0 Å². The van der Waals surface area contributed by atoms with Gasteiger partial charge in [-0.15, -0.1) is 0 Å². The molecule has 1 amide bonds. The molecule has 0 radical (unpaired) electrons. The second kappa shape index (κ2) is 13.8. The lowest BCUT2D eigenvalue weighted by Gasteiger charge is -2.43. The van der Waals surface area contributed by atoms with E-state index in [4.69, 9.17) is 32.8 Å². The van der Waals surface area contributed by atoms with Crippen LogP contribution >= 0.6 is 0 Å². The Hall–Kier alpha value is -5.24. The van der Waals surface area contributed by atoms with E-state index >= 15 is 0 Å². The molecule has 14 nitrogen and oxygen atoms in total. The van der Waals surface area contributed by atoms with Crippen LogP contribution < -0.4 is 15.7 Å². The number of amides is 1. The number of nitrogens with one attached hydrogen (secondary N) is 1. The monoisotopic (exact) mass is 611 g/mol. The second-order valence-electron chi connectivity index (χ2n) is 9.65. The Bertz CT molecular complexity index is 1620. The Kier molecular flexibility index (Phi) is 9.95. The molecule has 2 aromatic carbocycles. The van der Waals surface area contributed by atoms with Crippen molar-refractivity contribution in [1.29, 1.82) is 0 Å². The molecule has 232 valence electrons. The zero-order chi connectivity index (χ0) is 32.0. The molecule has 2 heterocycles. The minimum atomic E-state index is -1.48. The van der Waals surface area contributed by atoms with Crippen LogP contribution in [0.1, 0.15) is 38.1 Å². The molecule has 0 unspecified atom stereocenters. The number of esters is 4. The topological polar surface area (TPSA) is 183 Å². The van der Waals surface area contributed by atoms with Crippen molar-refractivity contribution in [1.82, 2.24) is 0 Å². The summed E-state index contributed by atoms with van der Waals surface area (Å²) in [5.74, 6) is -3.45. The minimum Gasteiger partial charge on any atom is -0.463 e. The number of hydrogen-bond donors (Lipinski definition) is 1. The molecule has 0 aliphatic carbocycles. The fourth-order valence-electron chi connectivity index (χ4n) is 4.45. The predicted octanol–water partition coefficient (Wildman–Crippen LogP) is 2.51. The summed E-state index contributed by atoms with van der Waals surface area (Å²) >= 11 is 0. The molecule has 44 heavy (non-hydrogen) atoms. The summed E-state index contributed by atoms with van der Waals surface area (Å²) in [6.45, 7) is 4.04. The van der Waals surface area contributed by atoms with Crippen molar-refractivity contribution >= 4 is 46.4 Å². The highest BCUT2D eigenvalue weighted by Gasteiger charge is 2.53. The lowest BCUT2D eigenvalue weighted by molar-refractivity contribution is -0.288. The summed E-state index contributed by atoms with van der Waals surface area (Å²) in [4.78, 5) is 72.7. The Balaban J connectivity index is 1.65. The standard InChI is InChI=1S/C30H29NO13/c1-15(32)38-14-24-25(39-16(2)33)26(40-17(3)34)27(41-18(4)35)30(44-24)42-21-11-10-20-12-22(29(37)43-23(20)13-21)31-28(36)19-8-6-5-7-9-19/h5-13,24-27,30H,14H2,1-4H3,(H,31,36)/t24-,25-,26+,27+,30+/m1/s1. The highest BCUT2D eigenvalue weighted by atomic mass is 16.7. The van der Waals surface area contributed by atoms with E-state index < -0.39 is 72.7 Å². The van der Waals surface area contributed by atoms with E-state index in [0.717, 1.165) is 27.7 Å². The van der Waals surface area contributed by atoms with Crippen molar-refractivity contribution in [2.45, 2.75) is 58.4 Å². The molecule has 0 bridgehead atoms. The molecule has 1 aliphatic rings. The van der Waals surface area contributed by atoms with E-state index in [2.05, 4.69) is 5.32 Å². The molecule has 4 rings (SSSR count). The van der Waals surface area contributed by atoms with Crippen molar-refractivity contribution in [2.24, 2.45) is 0 Å². The SMILES string of the molecule is CC(=O)OC[C@H]1O[C@H](Oc2ccc3cc(NC(=O)c4ccccc4)c(=O)oc3c2)[C@@H](OC(C)=O)[C@@H](OC(C)=O)[C@@H]1OC(C)=O. The van der Waals surface area contributed by atoms with Crippen molar-refractivity contribution in [3.63, 3.8) is 0 Å². The minimum absolute atomic E-state index is 0.0719. The van der Waals surface area contributed by atoms with Gasteiger partial charge in [-0.1, -0.05) is 18.2 Å². The van der Waals surface area contributed by atoms with Crippen molar-refractivity contribution in [3.8, 4) is 5.75 Å². The van der Waals surface area contributed by atoms with Gasteiger partial charge >= 0.3 is 29.5 Å². The Morgan fingerprint density at radius 1 is 0.773 bits per heavy atom. The Morgan fingerprint density at radius 3 is 2.05 bits per heavy atom. The zero-order valence-electron chi connectivity index (χ0n) is 24.1. The van der Waals surface area contributed by atoms with E-state index in [1.807, 2.05) is 0 Å². The van der Waals surface area contributed by atoms with Gasteiger partial charge in [-0.05, 0) is 30.3 Å². The third-order valence-electron chi connectivity index (χ3n) is 6.19. The van der Waals surface area contributed by atoms with Gasteiger partial charge in [-0.2, -0.15) is 0 Å². The van der Waals surface area contributed by atoms with Crippen LogP contribution in [-0.2, 0) is 42.9 Å². The average Bonchev–Trinajstić information content (AvgIpc) is 2.95. The first-order valence-corrected chi connectivity index (χ1v) is 13.3. The van der Waals surface area contributed by atoms with Gasteiger partial charge in [0.05, 0.1) is 0 Å². The number of anilines is 1. The Morgan fingerprint density at radius 2 is 1.41 bits per heavy atom. The van der Waals surface area contributed by atoms with Crippen LogP contribution in [0.4, 0.5) is 5.69 Å². The molecular weight excluding hydrogens is 582 g/mol. The first-order chi connectivity index (χ1) is 20.9. The maximum Gasteiger partial charge on any atom is 0.360 e. The number of benzene rings is 2. The first kappa shape index (κ1) is 31.7. The molecule has 1 aromatic heterocycles. The van der Waals surface area contributed by atoms with Gasteiger partial charge in [0.2, 0.25) is 12.4 Å². The number of carbonyl (C=O) groups excluding carboxylic acids is 5. The average molecular weight is 612 g/mol. The van der Waals surface area contributed by atoms with Gasteiger partial charge in [0, 0.05) is 44.7 Å². The number of carbonyl (C=O) groups is 5. The van der Waals surface area contributed by atoms with Crippen LogP contribution in [0, 0.1) is 0 Å². The van der Waals surface area contributed by atoms with Gasteiger partial charge in [0.1, 0.15) is 29.7 Å². The summed E-state index contributed by atoms with van der Waals surface area (Å²) in [5, 5.41) is 2.96. The number of fused-ring (bicyclic) bond motifs is 1. The van der Waals surface area contributed by atoms with E-state index in [-0.39, 0.29) is 17.0 Å². The van der Waals surface area contributed by atoms with E-state index in [1.165, 1.54) is 24.3 Å². The van der Waals surface area contributed by atoms with Crippen LogP contribution in [0.5, 0.6) is 5.75 Å². The smallest absolute Gasteiger partial charge is 0.360 e. The van der Waals surface area contributed by atoms with Gasteiger partial charge in [0.25, 0.3) is 5.91 Å². The maximum absolute atomic E-state index is 12.7. The third kappa shape index (κ3) is 7.98. The molecule has 5 atom stereocenters. The summed E-state index contributed by atoms with van der Waals surface area (Å²) in [6.07, 6.45) is -6.91. The van der Waals surface area contributed by atoms with Crippen LogP contribution in [0.15, 0.2) is 63.8 Å². The van der Waals surface area contributed by atoms with Crippen molar-refractivity contribution < 1.29 is 56.8 Å². The van der Waals surface area contributed by atoms with Crippen LogP contribution in [0.3, 0.4) is 0 Å². The molecule has 14 heteroatoms. The summed E-state index contributed by atoms with van der Waals surface area (Å²) in [6, 6.07) is 14.1. The summed E-state index contributed by atoms with van der Waals surface area (Å²) in [7, 11) is 0. The fraction of sp³-hybridized carbons (Fsp3) is 0.333. The van der Waals surface area contributed by atoms with E-state index in [9.17, 15) is 28.8 Å². The van der Waals surface area contributed by atoms with E-state index in [0.29, 0.717) is 10.9 Å². The first-order valence-electron chi connectivity index (χ1n) is 13.3. The summed E-state index contributed by atoms with van der Waals surface area (Å²) < 4.78 is 38.5. The lowest BCUT2D eigenvalue weighted by Crippen LogP contribution is -2.63. The molecule has 1 N–H and O–H groups in total. The molecule has 0 spiro atoms. The molecular formula is C30H29NO13. The molecule has 3 aromatic rings. The van der Waals surface area contributed by atoms with Gasteiger partial charge in [-0.3, -0.25) is 24.0 Å². The highest BCUT2D eigenvalue weighted by molar-refractivity contribution is 6.04. The molecule has 0 saturated carbocycles. The Labute approximate surface area is 250 Å². The van der Waals surface area contributed by atoms with Crippen molar-refractivity contribution in [2.75, 3.05) is 11.9 Å². The van der Waals surface area contributed by atoms with Crippen molar-refractivity contribution in [3.05, 3.63) is 70.6 Å². The van der Waals surface area contributed by atoms with E-state index in [1.54, 1.807) is 30.3 Å². The summed E-state index contributed by atoms with van der Waals surface area (Å²) in [5.41, 5.74) is -0.484. The second-order valence-corrected chi connectivity index (χ2v) is 9.65. The maximum atomic E-state index is 12.7. The van der Waals surface area contributed by atoms with Crippen LogP contribution in [0.25, 0.3) is 11.0 Å². The highest BCUT2D eigenvalue weighted by Crippen LogP contribution is 2.32. The van der Waals surface area contributed by atoms with Gasteiger partial charge < -0.3 is 38.2 Å². The zero-order valence-corrected chi connectivity index (χ0v) is 24.1. The number of rotatable bonds is 9. The largest absolute Gasteiger partial charge is 0.463 e. The van der Waals surface area contributed by atoms with Gasteiger partial charge in [-0.25, -0.2) is 4.79 Å². The van der Waals surface area contributed by atoms with Gasteiger partial charge in [0.15, 0.2) is 12.2 Å².